The third kappa shape index (κ3) is 4.81. The first-order valence-corrected chi connectivity index (χ1v) is 10.3. The van der Waals surface area contributed by atoms with E-state index in [4.69, 9.17) is 9.88 Å². The van der Waals surface area contributed by atoms with Crippen LogP contribution in [0.25, 0.3) is 11.4 Å². The maximum Gasteiger partial charge on any atom is 0.230 e. The van der Waals surface area contributed by atoms with E-state index in [1.807, 2.05) is 18.2 Å². The smallest absolute Gasteiger partial charge is 0.230 e. The van der Waals surface area contributed by atoms with Crippen LogP contribution in [0, 0.1) is 5.82 Å². The molecule has 0 radical (unpaired) electrons. The molecule has 0 amide bonds. The highest BCUT2D eigenvalue weighted by Crippen LogP contribution is 2.28. The van der Waals surface area contributed by atoms with Gasteiger partial charge in [-0.25, -0.2) is 14.4 Å². The van der Waals surface area contributed by atoms with Gasteiger partial charge >= 0.3 is 0 Å². The van der Waals surface area contributed by atoms with Crippen molar-refractivity contribution in [3.63, 3.8) is 0 Å². The summed E-state index contributed by atoms with van der Waals surface area (Å²) in [6.07, 6.45) is 1.35. The Kier molecular flexibility index (Phi) is 5.86. The van der Waals surface area contributed by atoms with Gasteiger partial charge in [0.25, 0.3) is 0 Å². The summed E-state index contributed by atoms with van der Waals surface area (Å²) in [5.74, 6) is 0.919. The van der Waals surface area contributed by atoms with Crippen molar-refractivity contribution in [3.05, 3.63) is 60.2 Å². The van der Waals surface area contributed by atoms with Gasteiger partial charge in [-0.15, -0.1) is 0 Å². The van der Waals surface area contributed by atoms with E-state index in [1.54, 1.807) is 24.4 Å². The maximum atomic E-state index is 13.4. The normalized spacial score (nSPS) is 12.9. The molecule has 9 heteroatoms. The molecular weight excluding hydrogens is 381 g/mol. The van der Waals surface area contributed by atoms with Crippen LogP contribution in [0.1, 0.15) is 12.5 Å². The molecule has 1 atom stereocenters. The van der Waals surface area contributed by atoms with Crippen molar-refractivity contribution in [1.29, 1.82) is 0 Å². The number of halogens is 1. The fraction of sp³-hybridized carbons (Fsp3) is 0.158. The number of rotatable bonds is 6. The summed E-state index contributed by atoms with van der Waals surface area (Å²) in [5.41, 5.74) is 1.97. The fourth-order valence-corrected chi connectivity index (χ4v) is 3.24. The van der Waals surface area contributed by atoms with E-state index in [1.165, 1.54) is 25.6 Å². The summed E-state index contributed by atoms with van der Waals surface area (Å²) >= 11 is 0. The lowest BCUT2D eigenvalue weighted by molar-refractivity contribution is 0.412. The van der Waals surface area contributed by atoms with Crippen molar-refractivity contribution in [1.82, 2.24) is 15.0 Å². The summed E-state index contributed by atoms with van der Waals surface area (Å²) in [6.45, 7) is 1.77. The van der Waals surface area contributed by atoms with Gasteiger partial charge in [0.05, 0.1) is 12.7 Å². The highest BCUT2D eigenvalue weighted by atomic mass is 32.2. The van der Waals surface area contributed by atoms with Crippen LogP contribution in [0.3, 0.4) is 0 Å². The van der Waals surface area contributed by atoms with Crippen molar-refractivity contribution >= 4 is 26.7 Å². The minimum atomic E-state index is -2.50. The molecule has 1 aromatic heterocycles. The molecule has 0 fully saturated rings. The SMILES string of the molecule is CCS(N)(=O)=Cc1cccc(Nc2ncnc(-c3ccc(F)cc3OC)n2)c1. The quantitative estimate of drug-likeness (QED) is 0.616. The lowest BCUT2D eigenvalue weighted by Crippen LogP contribution is -2.18. The number of nitrogens with two attached hydrogens (primary N) is 1. The number of hydrogen-bond donors (Lipinski definition) is 2. The molecule has 0 saturated carbocycles. The molecule has 0 aliphatic rings. The molecule has 146 valence electrons. The second-order valence-electron chi connectivity index (χ2n) is 5.91. The first-order valence-electron chi connectivity index (χ1n) is 8.44. The lowest BCUT2D eigenvalue weighted by Gasteiger charge is -2.09. The number of nitrogens with one attached hydrogen (secondary N) is 1. The van der Waals surface area contributed by atoms with Gasteiger partial charge in [0.15, 0.2) is 5.82 Å². The predicted octanol–water partition coefficient (Wildman–Crippen LogP) is 2.76. The van der Waals surface area contributed by atoms with Gasteiger partial charge in [0.2, 0.25) is 5.95 Å². The van der Waals surface area contributed by atoms with Crippen LogP contribution >= 0.6 is 0 Å². The van der Waals surface area contributed by atoms with Gasteiger partial charge in [0, 0.05) is 32.6 Å². The van der Waals surface area contributed by atoms with Gasteiger partial charge < -0.3 is 10.1 Å². The zero-order valence-corrected chi connectivity index (χ0v) is 16.2. The maximum absolute atomic E-state index is 13.4. The molecule has 0 spiro atoms. The minimum absolute atomic E-state index is 0.303. The molecule has 0 bridgehead atoms. The lowest BCUT2D eigenvalue weighted by atomic mass is 10.2. The Bertz CT molecular complexity index is 1110. The molecule has 3 rings (SSSR count). The summed E-state index contributed by atoms with van der Waals surface area (Å²) in [5, 5.41) is 10.4. The van der Waals surface area contributed by atoms with Gasteiger partial charge in [-0.05, 0) is 29.8 Å². The van der Waals surface area contributed by atoms with E-state index >= 15 is 0 Å². The average Bonchev–Trinajstić information content (AvgIpc) is 2.68. The fourth-order valence-electron chi connectivity index (χ4n) is 2.47. The van der Waals surface area contributed by atoms with Crippen molar-refractivity contribution in [2.45, 2.75) is 6.92 Å². The van der Waals surface area contributed by atoms with E-state index in [0.29, 0.717) is 34.5 Å². The number of anilines is 2. The first-order chi connectivity index (χ1) is 13.4. The molecule has 0 saturated heterocycles. The Morgan fingerprint density at radius 2 is 2.07 bits per heavy atom. The number of benzene rings is 2. The highest BCUT2D eigenvalue weighted by molar-refractivity contribution is 7.99. The number of nitrogens with zero attached hydrogens (tertiary/aromatic N) is 3. The van der Waals surface area contributed by atoms with E-state index in [-0.39, 0.29) is 0 Å². The molecule has 0 aliphatic carbocycles. The Labute approximate surface area is 163 Å². The molecule has 3 N–H and O–H groups in total. The zero-order chi connectivity index (χ0) is 20.1. The zero-order valence-electron chi connectivity index (χ0n) is 15.4. The van der Waals surface area contributed by atoms with Crippen molar-refractivity contribution in [2.75, 3.05) is 18.2 Å². The van der Waals surface area contributed by atoms with Crippen LogP contribution in [0.5, 0.6) is 5.75 Å². The minimum Gasteiger partial charge on any atom is -0.496 e. The molecule has 1 unspecified atom stereocenters. The van der Waals surface area contributed by atoms with Gasteiger partial charge in [0.1, 0.15) is 17.9 Å². The van der Waals surface area contributed by atoms with Gasteiger partial charge in [-0.1, -0.05) is 19.1 Å². The molecule has 28 heavy (non-hydrogen) atoms. The number of hydrogen-bond acceptors (Lipinski definition) is 6. The van der Waals surface area contributed by atoms with Crippen LogP contribution in [-0.4, -0.2) is 37.4 Å². The van der Waals surface area contributed by atoms with Gasteiger partial charge in [-0.3, -0.25) is 9.35 Å². The molecular formula is C19H20FN5O2S. The summed E-state index contributed by atoms with van der Waals surface area (Å²) in [6, 6.07) is 11.4. The van der Waals surface area contributed by atoms with Crippen molar-refractivity contribution in [3.8, 4) is 17.1 Å². The van der Waals surface area contributed by atoms with Crippen molar-refractivity contribution in [2.24, 2.45) is 5.14 Å². The van der Waals surface area contributed by atoms with Crippen LogP contribution in [0.4, 0.5) is 16.0 Å². The Hall–Kier alpha value is -3.04. The van der Waals surface area contributed by atoms with Crippen LogP contribution in [0.2, 0.25) is 0 Å². The monoisotopic (exact) mass is 401 g/mol. The topological polar surface area (TPSA) is 103 Å². The average molecular weight is 401 g/mol. The highest BCUT2D eigenvalue weighted by Gasteiger charge is 2.11. The van der Waals surface area contributed by atoms with E-state index < -0.39 is 15.5 Å². The molecule has 2 aromatic carbocycles. The standard InChI is InChI=1S/C19H20FN5O2S/c1-3-28(21,26)11-13-5-4-6-15(9-13)24-19-23-12-22-18(25-19)16-8-7-14(20)10-17(16)27-2/h4-12H,3H2,1-2H3,(H2,21,26)(H,22,23,24,25). The molecule has 0 aliphatic heterocycles. The third-order valence-corrected chi connectivity index (χ3v) is 5.48. The molecule has 3 aromatic rings. The van der Waals surface area contributed by atoms with Crippen LogP contribution in [0.15, 0.2) is 48.8 Å². The second-order valence-corrected chi connectivity index (χ2v) is 8.29. The first kappa shape index (κ1) is 19.7. The van der Waals surface area contributed by atoms with Gasteiger partial charge in [-0.2, -0.15) is 4.98 Å². The number of ether oxygens (including phenoxy) is 1. The number of aromatic nitrogens is 3. The van der Waals surface area contributed by atoms with E-state index in [9.17, 15) is 8.60 Å². The Morgan fingerprint density at radius 1 is 1.25 bits per heavy atom. The summed E-state index contributed by atoms with van der Waals surface area (Å²) in [7, 11) is -1.05. The largest absolute Gasteiger partial charge is 0.496 e. The van der Waals surface area contributed by atoms with E-state index in [0.717, 1.165) is 5.56 Å². The summed E-state index contributed by atoms with van der Waals surface area (Å²) < 4.78 is 30.7. The Morgan fingerprint density at radius 3 is 2.82 bits per heavy atom. The Balaban J connectivity index is 1.91. The van der Waals surface area contributed by atoms with Crippen molar-refractivity contribution < 1.29 is 13.3 Å². The van der Waals surface area contributed by atoms with Crippen LogP contribution < -0.4 is 15.2 Å². The molecule has 1 heterocycles. The predicted molar refractivity (Wildman–Crippen MR) is 110 cm³/mol. The third-order valence-electron chi connectivity index (χ3n) is 3.91. The number of methoxy groups -OCH3 is 1. The van der Waals surface area contributed by atoms with E-state index in [2.05, 4.69) is 20.3 Å². The molecule has 7 nitrogen and oxygen atoms in total. The second kappa shape index (κ2) is 8.32. The van der Waals surface area contributed by atoms with Crippen LogP contribution in [-0.2, 0) is 9.71 Å². The summed E-state index contributed by atoms with van der Waals surface area (Å²) in [4.78, 5) is 12.6.